The molecule has 4 rings (SSSR count). The molecule has 6 heteroatoms. The van der Waals surface area contributed by atoms with Gasteiger partial charge in [-0.05, 0) is 36.2 Å². The largest absolute Gasteiger partial charge is 0.274 e. The van der Waals surface area contributed by atoms with Crippen LogP contribution >= 0.6 is 23.4 Å². The van der Waals surface area contributed by atoms with Crippen LogP contribution in [0.25, 0.3) is 0 Å². The van der Waals surface area contributed by atoms with Gasteiger partial charge in [-0.3, -0.25) is 20.4 Å². The van der Waals surface area contributed by atoms with Gasteiger partial charge < -0.3 is 0 Å². The van der Waals surface area contributed by atoms with E-state index in [0.717, 1.165) is 27.5 Å². The smallest absolute Gasteiger partial charge is 0.186 e. The molecule has 2 aliphatic heterocycles. The second-order valence-electron chi connectivity index (χ2n) is 5.97. The van der Waals surface area contributed by atoms with Crippen molar-refractivity contribution < 1.29 is 0 Å². The van der Waals surface area contributed by atoms with E-state index in [1.54, 1.807) is 11.8 Å². The monoisotopic (exact) mass is 334 g/mol. The van der Waals surface area contributed by atoms with Crippen molar-refractivity contribution in [2.45, 2.75) is 44.2 Å². The number of amidine groups is 2. The van der Waals surface area contributed by atoms with Crippen molar-refractivity contribution in [2.24, 2.45) is 9.98 Å². The lowest BCUT2D eigenvalue weighted by Gasteiger charge is -2.23. The molecule has 1 atom stereocenters. The average molecular weight is 335 g/mol. The summed E-state index contributed by atoms with van der Waals surface area (Å²) in [7, 11) is 0. The van der Waals surface area contributed by atoms with Gasteiger partial charge in [0, 0.05) is 5.02 Å². The third-order valence-corrected chi connectivity index (χ3v) is 5.70. The second kappa shape index (κ2) is 6.13. The van der Waals surface area contributed by atoms with Crippen LogP contribution in [0.1, 0.15) is 43.7 Å². The van der Waals surface area contributed by atoms with Gasteiger partial charge >= 0.3 is 0 Å². The van der Waals surface area contributed by atoms with Crippen LogP contribution in [0.5, 0.6) is 0 Å². The lowest BCUT2D eigenvalue weighted by molar-refractivity contribution is 0.321. The Balaban J connectivity index is 1.51. The molecular weight excluding hydrogens is 316 g/mol. The highest BCUT2D eigenvalue weighted by Crippen LogP contribution is 2.36. The van der Waals surface area contributed by atoms with Crippen molar-refractivity contribution in [1.82, 2.24) is 10.4 Å². The molecule has 0 spiro atoms. The molecule has 1 aliphatic carbocycles. The van der Waals surface area contributed by atoms with E-state index in [1.807, 2.05) is 18.2 Å². The molecule has 2 fully saturated rings. The zero-order chi connectivity index (χ0) is 14.9. The Morgan fingerprint density at radius 2 is 2.05 bits per heavy atom. The Hall–Kier alpha value is -1.20. The maximum atomic E-state index is 6.34. The van der Waals surface area contributed by atoms with Gasteiger partial charge in [-0.1, -0.05) is 49.1 Å². The molecule has 1 saturated heterocycles. The van der Waals surface area contributed by atoms with Gasteiger partial charge in [-0.2, -0.15) is 0 Å². The summed E-state index contributed by atoms with van der Waals surface area (Å²) < 4.78 is 0. The number of benzene rings is 1. The van der Waals surface area contributed by atoms with Crippen molar-refractivity contribution >= 4 is 33.7 Å². The first kappa shape index (κ1) is 14.4. The Kier molecular flexibility index (Phi) is 4.01. The number of aliphatic imine (C=N–C) groups is 2. The van der Waals surface area contributed by atoms with E-state index in [4.69, 9.17) is 16.6 Å². The minimum absolute atomic E-state index is 0.162. The van der Waals surface area contributed by atoms with Gasteiger partial charge in [-0.15, -0.1) is 0 Å². The third kappa shape index (κ3) is 2.72. The number of rotatable bonds is 2. The quantitative estimate of drug-likeness (QED) is 0.888. The number of nitrogens with zero attached hydrogens (tertiary/aromatic N) is 3. The molecule has 116 valence electrons. The summed E-state index contributed by atoms with van der Waals surface area (Å²) >= 11 is 8.00. The van der Waals surface area contributed by atoms with E-state index < -0.39 is 0 Å². The number of hydrogen-bond donors (Lipinski definition) is 1. The zero-order valence-corrected chi connectivity index (χ0v) is 13.9. The fourth-order valence-electron chi connectivity index (χ4n) is 3.29. The molecule has 2 heterocycles. The lowest BCUT2D eigenvalue weighted by Crippen LogP contribution is -2.37. The Bertz CT molecular complexity index is 624. The van der Waals surface area contributed by atoms with Crippen LogP contribution in [0.15, 0.2) is 34.3 Å². The van der Waals surface area contributed by atoms with Gasteiger partial charge in [0.15, 0.2) is 10.3 Å². The first-order valence-electron chi connectivity index (χ1n) is 7.92. The standard InChI is InChI=1S/C16H19ClN4S/c17-13-9-5-4-8-12(13)14-10-18-16-21(14)20-15(22-16)19-11-6-2-1-3-7-11/h4-5,8-9,11,14H,1-3,6-7,10H2,(H,19,20). The van der Waals surface area contributed by atoms with E-state index in [1.165, 1.54) is 32.1 Å². The fraction of sp³-hybridized carbons (Fsp3) is 0.500. The van der Waals surface area contributed by atoms with E-state index in [-0.39, 0.29) is 6.04 Å². The predicted molar refractivity (Wildman–Crippen MR) is 93.4 cm³/mol. The minimum Gasteiger partial charge on any atom is -0.274 e. The summed E-state index contributed by atoms with van der Waals surface area (Å²) in [5, 5.41) is 4.92. The normalized spacial score (nSPS) is 27.0. The number of hydrogen-bond acceptors (Lipinski definition) is 4. The summed E-state index contributed by atoms with van der Waals surface area (Å²) in [6.07, 6.45) is 6.39. The lowest BCUT2D eigenvalue weighted by atomic mass is 9.96. The molecule has 0 bridgehead atoms. The Morgan fingerprint density at radius 3 is 2.86 bits per heavy atom. The van der Waals surface area contributed by atoms with Crippen molar-refractivity contribution in [3.63, 3.8) is 0 Å². The van der Waals surface area contributed by atoms with E-state index in [2.05, 4.69) is 21.5 Å². The molecule has 3 aliphatic rings. The van der Waals surface area contributed by atoms with Crippen LogP contribution in [-0.4, -0.2) is 27.9 Å². The molecular formula is C16H19ClN4S. The molecule has 0 radical (unpaired) electrons. The number of halogens is 1. The van der Waals surface area contributed by atoms with Gasteiger partial charge in [0.1, 0.15) is 0 Å². The third-order valence-electron chi connectivity index (χ3n) is 4.46. The molecule has 1 aromatic carbocycles. The number of thioether (sulfide) groups is 1. The molecule has 1 saturated carbocycles. The number of hydrazine groups is 1. The number of fused-ring (bicyclic) bond motifs is 1. The average Bonchev–Trinajstić information content (AvgIpc) is 3.09. The predicted octanol–water partition coefficient (Wildman–Crippen LogP) is 3.99. The maximum Gasteiger partial charge on any atom is 0.186 e. The van der Waals surface area contributed by atoms with Gasteiger partial charge in [0.25, 0.3) is 0 Å². The number of nitrogens with one attached hydrogen (secondary N) is 1. The van der Waals surface area contributed by atoms with Crippen LogP contribution in [0.2, 0.25) is 5.02 Å². The van der Waals surface area contributed by atoms with E-state index in [9.17, 15) is 0 Å². The molecule has 1 unspecified atom stereocenters. The highest BCUT2D eigenvalue weighted by atomic mass is 35.5. The molecule has 1 N–H and O–H groups in total. The highest BCUT2D eigenvalue weighted by molar-refractivity contribution is 8.26. The SMILES string of the molecule is Clc1ccccc1C1CN=C2SC(=NC3CCCCC3)NN21. The molecule has 1 aromatic rings. The molecule has 0 amide bonds. The minimum atomic E-state index is 0.162. The second-order valence-corrected chi connectivity index (χ2v) is 7.33. The summed E-state index contributed by atoms with van der Waals surface area (Å²) in [5.74, 6) is 0. The molecule has 4 nitrogen and oxygen atoms in total. The first-order chi connectivity index (χ1) is 10.8. The van der Waals surface area contributed by atoms with E-state index >= 15 is 0 Å². The Morgan fingerprint density at radius 1 is 1.23 bits per heavy atom. The van der Waals surface area contributed by atoms with Gasteiger partial charge in [0.2, 0.25) is 0 Å². The Labute approximate surface area is 140 Å². The van der Waals surface area contributed by atoms with Crippen molar-refractivity contribution in [3.05, 3.63) is 34.9 Å². The molecule has 22 heavy (non-hydrogen) atoms. The van der Waals surface area contributed by atoms with Crippen molar-refractivity contribution in [1.29, 1.82) is 0 Å². The van der Waals surface area contributed by atoms with Crippen LogP contribution in [0.3, 0.4) is 0 Å². The van der Waals surface area contributed by atoms with Crippen molar-refractivity contribution in [3.8, 4) is 0 Å². The van der Waals surface area contributed by atoms with Crippen LogP contribution in [0.4, 0.5) is 0 Å². The molecule has 0 aromatic heterocycles. The maximum absolute atomic E-state index is 6.34. The van der Waals surface area contributed by atoms with Gasteiger partial charge in [0.05, 0.1) is 18.6 Å². The summed E-state index contributed by atoms with van der Waals surface area (Å²) in [6, 6.07) is 8.64. The highest BCUT2D eigenvalue weighted by Gasteiger charge is 2.37. The van der Waals surface area contributed by atoms with Crippen LogP contribution in [0, 0.1) is 0 Å². The van der Waals surface area contributed by atoms with Crippen LogP contribution < -0.4 is 5.43 Å². The zero-order valence-electron chi connectivity index (χ0n) is 12.3. The summed E-state index contributed by atoms with van der Waals surface area (Å²) in [5.41, 5.74) is 4.55. The van der Waals surface area contributed by atoms with Crippen LogP contribution in [-0.2, 0) is 0 Å². The topological polar surface area (TPSA) is 40.0 Å². The fourth-order valence-corrected chi connectivity index (χ4v) is 4.48. The van der Waals surface area contributed by atoms with Crippen molar-refractivity contribution in [2.75, 3.05) is 6.54 Å². The summed E-state index contributed by atoms with van der Waals surface area (Å²) in [6.45, 7) is 0.746. The first-order valence-corrected chi connectivity index (χ1v) is 9.11. The summed E-state index contributed by atoms with van der Waals surface area (Å²) in [4.78, 5) is 9.52. The van der Waals surface area contributed by atoms with E-state index in [0.29, 0.717) is 6.04 Å². The van der Waals surface area contributed by atoms with Gasteiger partial charge in [-0.25, -0.2) is 0 Å².